The summed E-state index contributed by atoms with van der Waals surface area (Å²) < 4.78 is 0. The van der Waals surface area contributed by atoms with Crippen LogP contribution in [0.5, 0.6) is 0 Å². The number of benzene rings is 2. The van der Waals surface area contributed by atoms with Gasteiger partial charge in [-0.25, -0.2) is 0 Å². The summed E-state index contributed by atoms with van der Waals surface area (Å²) in [7, 11) is 0. The van der Waals surface area contributed by atoms with Crippen molar-refractivity contribution < 1.29 is 0 Å². The Morgan fingerprint density at radius 2 is 1.11 bits per heavy atom. The smallest absolute Gasteiger partial charge is 0.0276 e. The highest BCUT2D eigenvalue weighted by Crippen LogP contribution is 2.11. The van der Waals surface area contributed by atoms with Gasteiger partial charge in [0.25, 0.3) is 0 Å². The molecule has 0 aliphatic heterocycles. The monoisotopic (exact) mass is 238 g/mol. The molecule has 0 atom stereocenters. The van der Waals surface area contributed by atoms with Gasteiger partial charge in [-0.2, -0.15) is 0 Å². The lowest BCUT2D eigenvalue weighted by atomic mass is 10.0. The Balaban J connectivity index is 1.82. The Kier molecular flexibility index (Phi) is 4.58. The van der Waals surface area contributed by atoms with Crippen LogP contribution in [-0.4, -0.2) is 0 Å². The van der Waals surface area contributed by atoms with Crippen molar-refractivity contribution >= 4 is 0 Å². The largest absolute Gasteiger partial charge is 0.0613 e. The minimum Gasteiger partial charge on any atom is -0.0613 e. The van der Waals surface area contributed by atoms with E-state index in [2.05, 4.69) is 62.4 Å². The summed E-state index contributed by atoms with van der Waals surface area (Å²) in [5.74, 6) is 0. The zero-order chi connectivity index (χ0) is 12.8. The second-order valence-electron chi connectivity index (χ2n) is 5.01. The van der Waals surface area contributed by atoms with Crippen LogP contribution < -0.4 is 0 Å². The van der Waals surface area contributed by atoms with E-state index in [9.17, 15) is 0 Å². The van der Waals surface area contributed by atoms with E-state index in [-0.39, 0.29) is 0 Å². The molecule has 0 aliphatic carbocycles. The Morgan fingerprint density at radius 1 is 0.667 bits per heavy atom. The first-order valence-electron chi connectivity index (χ1n) is 6.91. The van der Waals surface area contributed by atoms with E-state index in [0.717, 1.165) is 6.42 Å². The van der Waals surface area contributed by atoms with E-state index < -0.39 is 0 Å². The summed E-state index contributed by atoms with van der Waals surface area (Å²) in [6.07, 6.45) is 4.71. The molecular formula is C18H22. The Bertz CT molecular complexity index is 462. The van der Waals surface area contributed by atoms with Gasteiger partial charge < -0.3 is 0 Å². The van der Waals surface area contributed by atoms with Crippen molar-refractivity contribution in [2.45, 2.75) is 39.5 Å². The maximum atomic E-state index is 2.27. The molecule has 0 N–H and O–H groups in total. The van der Waals surface area contributed by atoms with Crippen molar-refractivity contribution in [3.05, 3.63) is 70.8 Å². The van der Waals surface area contributed by atoms with Gasteiger partial charge in [-0.05, 0) is 49.3 Å². The highest BCUT2D eigenvalue weighted by molar-refractivity contribution is 5.24. The minimum absolute atomic E-state index is 1.13. The first-order chi connectivity index (χ1) is 8.78. The summed E-state index contributed by atoms with van der Waals surface area (Å²) in [6, 6.07) is 17.9. The highest BCUT2D eigenvalue weighted by atomic mass is 14.0. The fourth-order valence-electron chi connectivity index (χ4n) is 2.19. The van der Waals surface area contributed by atoms with Crippen LogP contribution >= 0.6 is 0 Å². The van der Waals surface area contributed by atoms with E-state index in [1.54, 1.807) is 0 Å². The maximum Gasteiger partial charge on any atom is -0.0276 e. The molecule has 0 unspecified atom stereocenters. The number of hydrogen-bond donors (Lipinski definition) is 0. The summed E-state index contributed by atoms with van der Waals surface area (Å²) in [5, 5.41) is 0. The van der Waals surface area contributed by atoms with Crippen molar-refractivity contribution in [3.63, 3.8) is 0 Å². The molecule has 0 heterocycles. The first kappa shape index (κ1) is 12.9. The van der Waals surface area contributed by atoms with Crippen LogP contribution in [0.15, 0.2) is 48.5 Å². The minimum atomic E-state index is 1.13. The van der Waals surface area contributed by atoms with E-state index in [1.165, 1.54) is 41.5 Å². The van der Waals surface area contributed by atoms with Gasteiger partial charge in [-0.15, -0.1) is 0 Å². The third kappa shape index (κ3) is 3.73. The van der Waals surface area contributed by atoms with Crippen LogP contribution in [0.3, 0.4) is 0 Å². The van der Waals surface area contributed by atoms with Crippen LogP contribution in [0.4, 0.5) is 0 Å². The predicted molar refractivity (Wildman–Crippen MR) is 79.0 cm³/mol. The summed E-state index contributed by atoms with van der Waals surface area (Å²) >= 11 is 0. The van der Waals surface area contributed by atoms with E-state index in [4.69, 9.17) is 0 Å². The predicted octanol–water partition coefficient (Wildman–Crippen LogP) is 4.73. The fourth-order valence-corrected chi connectivity index (χ4v) is 2.19. The van der Waals surface area contributed by atoms with Crippen molar-refractivity contribution in [3.8, 4) is 0 Å². The molecule has 0 saturated carbocycles. The molecule has 0 heteroatoms. The molecule has 2 rings (SSSR count). The third-order valence-electron chi connectivity index (χ3n) is 3.48. The lowest BCUT2D eigenvalue weighted by Gasteiger charge is -2.04. The van der Waals surface area contributed by atoms with Gasteiger partial charge in [0, 0.05) is 0 Å². The van der Waals surface area contributed by atoms with Crippen molar-refractivity contribution in [2.24, 2.45) is 0 Å². The Morgan fingerprint density at radius 3 is 1.61 bits per heavy atom. The lowest BCUT2D eigenvalue weighted by molar-refractivity contribution is 0.820. The van der Waals surface area contributed by atoms with E-state index in [0.29, 0.717) is 0 Å². The standard InChI is InChI=1S/C18H22/c1-3-16-11-13-18(14-12-16)6-4-5-17-9-7-15(2)8-10-17/h7-14H,3-6H2,1-2H3. The molecule has 0 nitrogen and oxygen atoms in total. The number of rotatable bonds is 5. The molecule has 0 aliphatic rings. The normalized spacial score (nSPS) is 10.6. The molecule has 0 saturated heterocycles. The number of aryl methyl sites for hydroxylation is 4. The molecule has 0 radical (unpaired) electrons. The quantitative estimate of drug-likeness (QED) is 0.706. The molecule has 94 valence electrons. The van der Waals surface area contributed by atoms with Gasteiger partial charge >= 0.3 is 0 Å². The lowest BCUT2D eigenvalue weighted by Crippen LogP contribution is -1.91. The Labute approximate surface area is 111 Å². The zero-order valence-corrected chi connectivity index (χ0v) is 11.4. The molecular weight excluding hydrogens is 216 g/mol. The van der Waals surface area contributed by atoms with Crippen molar-refractivity contribution in [1.29, 1.82) is 0 Å². The van der Waals surface area contributed by atoms with Gasteiger partial charge in [0.15, 0.2) is 0 Å². The number of hydrogen-bond acceptors (Lipinski definition) is 0. The molecule has 0 aromatic heterocycles. The first-order valence-corrected chi connectivity index (χ1v) is 6.91. The van der Waals surface area contributed by atoms with Crippen LogP contribution in [0.25, 0.3) is 0 Å². The highest BCUT2D eigenvalue weighted by Gasteiger charge is 1.96. The summed E-state index contributed by atoms with van der Waals surface area (Å²) in [5.41, 5.74) is 5.68. The molecule has 0 amide bonds. The van der Waals surface area contributed by atoms with Gasteiger partial charge in [0.05, 0.1) is 0 Å². The van der Waals surface area contributed by atoms with Crippen molar-refractivity contribution in [1.82, 2.24) is 0 Å². The molecule has 0 bridgehead atoms. The third-order valence-corrected chi connectivity index (χ3v) is 3.48. The molecule has 2 aromatic carbocycles. The van der Waals surface area contributed by atoms with Gasteiger partial charge in [0.1, 0.15) is 0 Å². The average molecular weight is 238 g/mol. The van der Waals surface area contributed by atoms with Crippen LogP contribution in [0, 0.1) is 6.92 Å². The van der Waals surface area contributed by atoms with Gasteiger partial charge in [-0.3, -0.25) is 0 Å². The zero-order valence-electron chi connectivity index (χ0n) is 11.4. The Hall–Kier alpha value is -1.56. The fraction of sp³-hybridized carbons (Fsp3) is 0.333. The van der Waals surface area contributed by atoms with E-state index in [1.807, 2.05) is 0 Å². The summed E-state index contributed by atoms with van der Waals surface area (Å²) in [4.78, 5) is 0. The maximum absolute atomic E-state index is 2.27. The second-order valence-corrected chi connectivity index (χ2v) is 5.01. The SMILES string of the molecule is CCc1ccc(CCCc2ccc(C)cc2)cc1. The van der Waals surface area contributed by atoms with Gasteiger partial charge in [-0.1, -0.05) is 61.0 Å². The average Bonchev–Trinajstić information content (AvgIpc) is 2.42. The molecule has 0 spiro atoms. The summed E-state index contributed by atoms with van der Waals surface area (Å²) in [6.45, 7) is 4.34. The van der Waals surface area contributed by atoms with Crippen LogP contribution in [-0.2, 0) is 19.3 Å². The molecule has 0 fully saturated rings. The van der Waals surface area contributed by atoms with Gasteiger partial charge in [0.2, 0.25) is 0 Å². The topological polar surface area (TPSA) is 0 Å². The van der Waals surface area contributed by atoms with Crippen LogP contribution in [0.1, 0.15) is 35.6 Å². The van der Waals surface area contributed by atoms with Crippen molar-refractivity contribution in [2.75, 3.05) is 0 Å². The van der Waals surface area contributed by atoms with E-state index >= 15 is 0 Å². The molecule has 2 aromatic rings. The second kappa shape index (κ2) is 6.39. The molecule has 18 heavy (non-hydrogen) atoms. The van der Waals surface area contributed by atoms with Crippen LogP contribution in [0.2, 0.25) is 0 Å².